The van der Waals surface area contributed by atoms with Crippen LogP contribution in [-0.4, -0.2) is 6.17 Å². The molecule has 0 heterocycles. The quantitative estimate of drug-likeness (QED) is 0.552. The second-order valence-electron chi connectivity index (χ2n) is 3.28. The molecule has 0 unspecified atom stereocenters. The highest BCUT2D eigenvalue weighted by Gasteiger charge is 2.11. The van der Waals surface area contributed by atoms with Gasteiger partial charge in [0.05, 0.1) is 6.17 Å². The Morgan fingerprint density at radius 1 is 1.11 bits per heavy atom. The summed E-state index contributed by atoms with van der Waals surface area (Å²) < 4.78 is 12.5. The zero-order chi connectivity index (χ0) is 7.44. The van der Waals surface area contributed by atoms with Crippen LogP contribution in [0.1, 0.15) is 34.1 Å². The van der Waals surface area contributed by atoms with Crippen LogP contribution in [0.15, 0.2) is 0 Å². The third-order valence-corrected chi connectivity index (χ3v) is 1.63. The topological polar surface area (TPSA) is 0 Å². The molecule has 0 nitrogen and oxygen atoms in total. The van der Waals surface area contributed by atoms with E-state index in [0.29, 0.717) is 5.92 Å². The minimum Gasteiger partial charge on any atom is -0.248 e. The van der Waals surface area contributed by atoms with E-state index in [4.69, 9.17) is 0 Å². The largest absolute Gasteiger partial charge is 0.248 e. The van der Waals surface area contributed by atoms with Crippen molar-refractivity contribution < 1.29 is 4.39 Å². The van der Waals surface area contributed by atoms with Gasteiger partial charge in [-0.25, -0.2) is 4.39 Å². The molecule has 0 saturated carbocycles. The van der Waals surface area contributed by atoms with Gasteiger partial charge in [-0.1, -0.05) is 20.8 Å². The van der Waals surface area contributed by atoms with Crippen LogP contribution in [-0.2, 0) is 0 Å². The van der Waals surface area contributed by atoms with E-state index < -0.39 is 6.17 Å². The fraction of sp³-hybridized carbons (Fsp3) is 1.00. The maximum atomic E-state index is 12.5. The van der Waals surface area contributed by atoms with Crippen LogP contribution in [0, 0.1) is 11.8 Å². The van der Waals surface area contributed by atoms with Crippen molar-refractivity contribution in [2.24, 2.45) is 11.8 Å². The van der Waals surface area contributed by atoms with E-state index >= 15 is 0 Å². The molecule has 0 saturated heterocycles. The molecule has 0 aromatic carbocycles. The van der Waals surface area contributed by atoms with Gasteiger partial charge in [0.15, 0.2) is 0 Å². The molecular formula is C8H17F. The molecule has 0 aromatic heterocycles. The lowest BCUT2D eigenvalue weighted by atomic mass is 9.95. The molecule has 0 spiro atoms. The van der Waals surface area contributed by atoms with Crippen molar-refractivity contribution in [2.75, 3.05) is 0 Å². The van der Waals surface area contributed by atoms with Gasteiger partial charge in [0.1, 0.15) is 0 Å². The van der Waals surface area contributed by atoms with Crippen molar-refractivity contribution in [2.45, 2.75) is 40.3 Å². The Morgan fingerprint density at radius 3 is 1.67 bits per heavy atom. The number of halogens is 1. The fourth-order valence-electron chi connectivity index (χ4n) is 0.931. The lowest BCUT2D eigenvalue weighted by Gasteiger charge is -2.14. The Balaban J connectivity index is 3.38. The first-order chi connectivity index (χ1) is 4.04. The molecule has 0 amide bonds. The van der Waals surface area contributed by atoms with Gasteiger partial charge in [-0.15, -0.1) is 0 Å². The normalized spacial score (nSPS) is 18.0. The molecule has 0 aliphatic heterocycles. The Bertz CT molecular complexity index is 67.0. The van der Waals surface area contributed by atoms with Crippen LogP contribution in [0.4, 0.5) is 4.39 Å². The molecule has 0 rings (SSSR count). The summed E-state index contributed by atoms with van der Waals surface area (Å²) in [5.41, 5.74) is 0. The van der Waals surface area contributed by atoms with Gasteiger partial charge in [-0.05, 0) is 25.2 Å². The summed E-state index contributed by atoms with van der Waals surface area (Å²) in [5.74, 6) is 0.850. The summed E-state index contributed by atoms with van der Waals surface area (Å²) in [6, 6.07) is 0. The molecule has 0 aliphatic rings. The predicted octanol–water partition coefficient (Wildman–Crippen LogP) is 3.03. The van der Waals surface area contributed by atoms with Crippen LogP contribution < -0.4 is 0 Å². The van der Waals surface area contributed by atoms with Crippen LogP contribution >= 0.6 is 0 Å². The van der Waals surface area contributed by atoms with Crippen molar-refractivity contribution in [1.82, 2.24) is 0 Å². The van der Waals surface area contributed by atoms with Gasteiger partial charge in [-0.3, -0.25) is 0 Å². The molecule has 0 aliphatic carbocycles. The number of hydrogen-bond donors (Lipinski definition) is 0. The molecule has 0 fully saturated rings. The molecule has 0 aromatic rings. The summed E-state index contributed by atoms with van der Waals surface area (Å²) in [6.45, 7) is 7.84. The van der Waals surface area contributed by atoms with Gasteiger partial charge in [0.25, 0.3) is 0 Å². The molecule has 1 heteroatoms. The molecule has 56 valence electrons. The molecular weight excluding hydrogens is 114 g/mol. The van der Waals surface area contributed by atoms with E-state index in [-0.39, 0.29) is 5.92 Å². The van der Waals surface area contributed by atoms with Gasteiger partial charge < -0.3 is 0 Å². The molecule has 2 atom stereocenters. The van der Waals surface area contributed by atoms with Crippen LogP contribution in [0.25, 0.3) is 0 Å². The smallest absolute Gasteiger partial charge is 0.0999 e. The summed E-state index contributed by atoms with van der Waals surface area (Å²) in [6.07, 6.45) is 0.352. The van der Waals surface area contributed by atoms with Gasteiger partial charge >= 0.3 is 0 Å². The van der Waals surface area contributed by atoms with E-state index in [1.54, 1.807) is 6.92 Å². The molecule has 9 heavy (non-hydrogen) atoms. The number of rotatable bonds is 3. The van der Waals surface area contributed by atoms with Crippen molar-refractivity contribution >= 4 is 0 Å². The number of alkyl halides is 1. The summed E-state index contributed by atoms with van der Waals surface area (Å²) in [5, 5.41) is 0. The highest BCUT2D eigenvalue weighted by Crippen LogP contribution is 2.16. The van der Waals surface area contributed by atoms with E-state index in [0.717, 1.165) is 6.42 Å². The second kappa shape index (κ2) is 3.86. The first kappa shape index (κ1) is 8.93. The summed E-state index contributed by atoms with van der Waals surface area (Å²) >= 11 is 0. The van der Waals surface area contributed by atoms with Crippen LogP contribution in [0.5, 0.6) is 0 Å². The van der Waals surface area contributed by atoms with Crippen LogP contribution in [0.2, 0.25) is 0 Å². The maximum absolute atomic E-state index is 12.5. The monoisotopic (exact) mass is 131 g/mol. The van der Waals surface area contributed by atoms with Crippen LogP contribution in [0.3, 0.4) is 0 Å². The highest BCUT2D eigenvalue weighted by atomic mass is 18.2. The van der Waals surface area contributed by atoms with E-state index in [1.807, 2.05) is 6.92 Å². The number of hydrogen-bond acceptors (Lipinski definition) is 0. The Kier molecular flexibility index (Phi) is 3.83. The zero-order valence-corrected chi connectivity index (χ0v) is 6.82. The average molecular weight is 131 g/mol. The first-order valence-electron chi connectivity index (χ1n) is 3.68. The predicted molar refractivity (Wildman–Crippen MR) is 39.2 cm³/mol. The standard InChI is InChI=1S/C8H17F/c1-6(2)5-7(3)8(4)9/h6-8H,5H2,1-4H3/t7-,8-/m0/s1/i9-1. The second-order valence-corrected chi connectivity index (χ2v) is 3.28. The van der Waals surface area contributed by atoms with E-state index in [1.165, 1.54) is 0 Å². The lowest BCUT2D eigenvalue weighted by Crippen LogP contribution is -2.10. The summed E-state index contributed by atoms with van der Waals surface area (Å²) in [4.78, 5) is 0. The zero-order valence-electron chi connectivity index (χ0n) is 6.82. The lowest BCUT2D eigenvalue weighted by molar-refractivity contribution is 0.235. The Labute approximate surface area is 57.5 Å². The molecule has 0 N–H and O–H groups in total. The first-order valence-corrected chi connectivity index (χ1v) is 3.68. The van der Waals surface area contributed by atoms with E-state index in [9.17, 15) is 4.39 Å². The highest BCUT2D eigenvalue weighted by molar-refractivity contribution is 4.60. The fourth-order valence-corrected chi connectivity index (χ4v) is 0.931. The minimum atomic E-state index is -0.646. The third kappa shape index (κ3) is 4.43. The van der Waals surface area contributed by atoms with Gasteiger partial charge in [0.2, 0.25) is 0 Å². The molecule has 0 bridgehead atoms. The van der Waals surface area contributed by atoms with Crippen molar-refractivity contribution in [3.8, 4) is 0 Å². The maximum Gasteiger partial charge on any atom is 0.0999 e. The van der Waals surface area contributed by atoms with Crippen molar-refractivity contribution in [1.29, 1.82) is 0 Å². The third-order valence-electron chi connectivity index (χ3n) is 1.63. The van der Waals surface area contributed by atoms with Crippen molar-refractivity contribution in [3.05, 3.63) is 0 Å². The van der Waals surface area contributed by atoms with Gasteiger partial charge in [0, 0.05) is 0 Å². The van der Waals surface area contributed by atoms with E-state index in [2.05, 4.69) is 13.8 Å². The molecule has 0 radical (unpaired) electrons. The van der Waals surface area contributed by atoms with Gasteiger partial charge in [-0.2, -0.15) is 0 Å². The average Bonchev–Trinajstić information content (AvgIpc) is 1.63. The minimum absolute atomic E-state index is 0.227. The SMILES string of the molecule is CC(C)C[C@H](C)[C@H](C)[18F]. The van der Waals surface area contributed by atoms with Crippen molar-refractivity contribution in [3.63, 3.8) is 0 Å². The summed E-state index contributed by atoms with van der Waals surface area (Å²) in [7, 11) is 0. The Morgan fingerprint density at radius 2 is 1.56 bits per heavy atom. The Hall–Kier alpha value is -0.0700.